The van der Waals surface area contributed by atoms with E-state index in [1.54, 1.807) is 10.4 Å². The maximum atomic E-state index is 13.6. The number of carbonyl (C=O) groups is 3. The number of hydrogen-bond acceptors (Lipinski definition) is 6. The molecule has 1 unspecified atom stereocenters. The summed E-state index contributed by atoms with van der Waals surface area (Å²) in [5.74, 6) is -2.56. The van der Waals surface area contributed by atoms with Crippen molar-refractivity contribution in [3.05, 3.63) is 30.3 Å². The number of piperidine rings is 1. The SMILES string of the molecule is O=C(NO)[C@H]1C(C2CCOCC2)N(C(=O)O)CC[C@@H]1C(=O)N1CCN(c2ccccc2)CC1. The van der Waals surface area contributed by atoms with Gasteiger partial charge in [0.1, 0.15) is 0 Å². The van der Waals surface area contributed by atoms with Crippen molar-refractivity contribution in [2.45, 2.75) is 25.3 Å². The highest BCUT2D eigenvalue weighted by Gasteiger charge is 2.51. The number of benzene rings is 1. The standard InChI is InChI=1S/C23H32N4O6/c28-21(24-32)19-18(6-9-27(23(30)31)20(19)16-7-14-33-15-8-16)22(29)26-12-10-25(11-13-26)17-4-2-1-3-5-17/h1-5,16,18-20,32H,6-15H2,(H,24,28)(H,30,31)/t18-,19+,20?/m0/s1. The van der Waals surface area contributed by atoms with E-state index in [2.05, 4.69) is 4.90 Å². The quantitative estimate of drug-likeness (QED) is 0.457. The molecule has 1 aromatic carbocycles. The predicted octanol–water partition coefficient (Wildman–Crippen LogP) is 1.25. The summed E-state index contributed by atoms with van der Waals surface area (Å²) in [6.45, 7) is 3.59. The van der Waals surface area contributed by atoms with E-state index in [1.165, 1.54) is 4.90 Å². The Labute approximate surface area is 193 Å². The van der Waals surface area contributed by atoms with Crippen molar-refractivity contribution < 1.29 is 29.4 Å². The van der Waals surface area contributed by atoms with Crippen molar-refractivity contribution >= 4 is 23.6 Å². The van der Waals surface area contributed by atoms with E-state index >= 15 is 0 Å². The molecule has 4 rings (SSSR count). The molecule has 10 heteroatoms. The van der Waals surface area contributed by atoms with Crippen molar-refractivity contribution in [3.63, 3.8) is 0 Å². The van der Waals surface area contributed by atoms with Gasteiger partial charge in [0.2, 0.25) is 11.8 Å². The van der Waals surface area contributed by atoms with Gasteiger partial charge in [-0.15, -0.1) is 0 Å². The number of para-hydroxylation sites is 1. The molecule has 33 heavy (non-hydrogen) atoms. The Hall–Kier alpha value is -2.85. The molecule has 0 aromatic heterocycles. The number of ether oxygens (including phenoxy) is 1. The summed E-state index contributed by atoms with van der Waals surface area (Å²) in [4.78, 5) is 43.7. The van der Waals surface area contributed by atoms with Crippen LogP contribution in [0.3, 0.4) is 0 Å². The molecule has 0 bridgehead atoms. The van der Waals surface area contributed by atoms with Crippen molar-refractivity contribution in [2.75, 3.05) is 50.8 Å². The number of carbonyl (C=O) groups excluding carboxylic acids is 2. The molecule has 3 atom stereocenters. The molecule has 0 radical (unpaired) electrons. The molecular formula is C23H32N4O6. The highest BCUT2D eigenvalue weighted by molar-refractivity contribution is 5.89. The highest BCUT2D eigenvalue weighted by Crippen LogP contribution is 2.38. The molecule has 180 valence electrons. The molecule has 0 aliphatic carbocycles. The summed E-state index contributed by atoms with van der Waals surface area (Å²) < 4.78 is 5.43. The molecule has 3 N–H and O–H groups in total. The van der Waals surface area contributed by atoms with Gasteiger partial charge in [0.05, 0.1) is 17.9 Å². The number of amides is 3. The van der Waals surface area contributed by atoms with Crippen molar-refractivity contribution in [1.82, 2.24) is 15.3 Å². The maximum absolute atomic E-state index is 13.6. The van der Waals surface area contributed by atoms with E-state index in [1.807, 2.05) is 30.3 Å². The Kier molecular flexibility index (Phi) is 7.34. The van der Waals surface area contributed by atoms with Crippen LogP contribution in [0.25, 0.3) is 0 Å². The molecule has 3 aliphatic rings. The fraction of sp³-hybridized carbons (Fsp3) is 0.609. The van der Waals surface area contributed by atoms with Gasteiger partial charge in [-0.1, -0.05) is 18.2 Å². The Balaban J connectivity index is 1.52. The van der Waals surface area contributed by atoms with Crippen LogP contribution in [-0.4, -0.2) is 90.0 Å². The lowest BCUT2D eigenvalue weighted by molar-refractivity contribution is -0.153. The topological polar surface area (TPSA) is 123 Å². The molecule has 0 saturated carbocycles. The van der Waals surface area contributed by atoms with E-state index < -0.39 is 29.9 Å². The third kappa shape index (κ3) is 4.91. The first-order chi connectivity index (χ1) is 16.0. The summed E-state index contributed by atoms with van der Waals surface area (Å²) in [6.07, 6.45) is 0.368. The Bertz CT molecular complexity index is 839. The Morgan fingerprint density at radius 1 is 0.939 bits per heavy atom. The van der Waals surface area contributed by atoms with Gasteiger partial charge in [0, 0.05) is 51.6 Å². The first kappa shape index (κ1) is 23.3. The smallest absolute Gasteiger partial charge is 0.407 e. The number of piperazine rings is 1. The second-order valence-corrected chi connectivity index (χ2v) is 8.96. The zero-order chi connectivity index (χ0) is 23.4. The van der Waals surface area contributed by atoms with Crippen LogP contribution in [-0.2, 0) is 14.3 Å². The largest absolute Gasteiger partial charge is 0.465 e. The molecule has 3 aliphatic heterocycles. The van der Waals surface area contributed by atoms with Crippen LogP contribution in [0.2, 0.25) is 0 Å². The first-order valence-electron chi connectivity index (χ1n) is 11.6. The molecule has 10 nitrogen and oxygen atoms in total. The van der Waals surface area contributed by atoms with Gasteiger partial charge in [-0.05, 0) is 37.3 Å². The second-order valence-electron chi connectivity index (χ2n) is 8.96. The predicted molar refractivity (Wildman–Crippen MR) is 119 cm³/mol. The molecular weight excluding hydrogens is 428 g/mol. The van der Waals surface area contributed by atoms with Gasteiger partial charge in [-0.25, -0.2) is 10.3 Å². The minimum absolute atomic E-state index is 0.109. The number of nitrogens with one attached hydrogen (secondary N) is 1. The van der Waals surface area contributed by atoms with Gasteiger partial charge in [-0.2, -0.15) is 0 Å². The van der Waals surface area contributed by atoms with Crippen molar-refractivity contribution in [1.29, 1.82) is 0 Å². The summed E-state index contributed by atoms with van der Waals surface area (Å²) in [5.41, 5.74) is 2.82. The van der Waals surface area contributed by atoms with E-state index in [0.29, 0.717) is 52.2 Å². The van der Waals surface area contributed by atoms with Crippen LogP contribution in [0.1, 0.15) is 19.3 Å². The summed E-state index contributed by atoms with van der Waals surface area (Å²) in [6, 6.07) is 9.34. The first-order valence-corrected chi connectivity index (χ1v) is 11.6. The number of hydroxylamine groups is 1. The average molecular weight is 461 g/mol. The maximum Gasteiger partial charge on any atom is 0.407 e. The Morgan fingerprint density at radius 2 is 1.61 bits per heavy atom. The van der Waals surface area contributed by atoms with Crippen LogP contribution >= 0.6 is 0 Å². The zero-order valence-corrected chi connectivity index (χ0v) is 18.6. The lowest BCUT2D eigenvalue weighted by Crippen LogP contribution is -2.62. The van der Waals surface area contributed by atoms with Gasteiger partial charge >= 0.3 is 6.09 Å². The van der Waals surface area contributed by atoms with Gasteiger partial charge in [0.15, 0.2) is 0 Å². The number of nitrogens with zero attached hydrogens (tertiary/aromatic N) is 3. The average Bonchev–Trinajstić information content (AvgIpc) is 2.88. The number of likely N-dealkylation sites (tertiary alicyclic amines) is 1. The fourth-order valence-electron chi connectivity index (χ4n) is 5.61. The number of anilines is 1. The Morgan fingerprint density at radius 3 is 2.21 bits per heavy atom. The van der Waals surface area contributed by atoms with Crippen LogP contribution in [0.4, 0.5) is 10.5 Å². The summed E-state index contributed by atoms with van der Waals surface area (Å²) >= 11 is 0. The number of hydrogen-bond donors (Lipinski definition) is 3. The van der Waals surface area contributed by atoms with E-state index in [-0.39, 0.29) is 24.8 Å². The van der Waals surface area contributed by atoms with E-state index in [0.717, 1.165) is 5.69 Å². The van der Waals surface area contributed by atoms with Gasteiger partial charge in [-0.3, -0.25) is 14.8 Å². The summed E-state index contributed by atoms with van der Waals surface area (Å²) in [5, 5.41) is 19.3. The van der Waals surface area contributed by atoms with Crippen LogP contribution in [0.15, 0.2) is 30.3 Å². The monoisotopic (exact) mass is 460 g/mol. The second kappa shape index (κ2) is 10.4. The van der Waals surface area contributed by atoms with Crippen LogP contribution < -0.4 is 10.4 Å². The van der Waals surface area contributed by atoms with E-state index in [9.17, 15) is 24.7 Å². The highest BCUT2D eigenvalue weighted by atomic mass is 16.5. The molecule has 3 saturated heterocycles. The molecule has 3 amide bonds. The van der Waals surface area contributed by atoms with E-state index in [4.69, 9.17) is 4.74 Å². The molecule has 0 spiro atoms. The number of rotatable bonds is 4. The zero-order valence-electron chi connectivity index (χ0n) is 18.6. The van der Waals surface area contributed by atoms with Gasteiger partial charge in [0.25, 0.3) is 0 Å². The third-order valence-corrected chi connectivity index (χ3v) is 7.28. The molecule has 1 aromatic rings. The summed E-state index contributed by atoms with van der Waals surface area (Å²) in [7, 11) is 0. The number of carboxylic acid groups (broad SMARTS) is 1. The lowest BCUT2D eigenvalue weighted by atomic mass is 9.71. The minimum Gasteiger partial charge on any atom is -0.465 e. The van der Waals surface area contributed by atoms with Crippen LogP contribution in [0, 0.1) is 17.8 Å². The van der Waals surface area contributed by atoms with Gasteiger partial charge < -0.3 is 24.5 Å². The molecule has 3 fully saturated rings. The van der Waals surface area contributed by atoms with Crippen molar-refractivity contribution in [3.8, 4) is 0 Å². The van der Waals surface area contributed by atoms with Crippen molar-refractivity contribution in [2.24, 2.45) is 17.8 Å². The lowest BCUT2D eigenvalue weighted by Gasteiger charge is -2.48. The molecule has 3 heterocycles. The normalized spacial score (nSPS) is 26.7. The van der Waals surface area contributed by atoms with Crippen LogP contribution in [0.5, 0.6) is 0 Å². The third-order valence-electron chi connectivity index (χ3n) is 7.28. The minimum atomic E-state index is -1.11. The fourth-order valence-corrected chi connectivity index (χ4v) is 5.61.